The van der Waals surface area contributed by atoms with E-state index >= 15 is 0 Å². The van der Waals surface area contributed by atoms with Crippen LogP contribution in [0.25, 0.3) is 0 Å². The summed E-state index contributed by atoms with van der Waals surface area (Å²) in [5.74, 6) is -0.996. The van der Waals surface area contributed by atoms with E-state index in [2.05, 4.69) is 15.4 Å². The molecule has 0 atom stereocenters. The SMILES string of the molecule is COC(=O)c1ccc(NC(=O)C2(C(=O)NC(C)(C)C)CC2)cc1. The molecule has 2 N–H and O–H groups in total. The van der Waals surface area contributed by atoms with Crippen molar-refractivity contribution in [2.45, 2.75) is 39.2 Å². The lowest BCUT2D eigenvalue weighted by molar-refractivity contribution is -0.135. The Morgan fingerprint density at radius 2 is 1.61 bits per heavy atom. The molecule has 1 saturated carbocycles. The van der Waals surface area contributed by atoms with Crippen LogP contribution in [0.2, 0.25) is 0 Å². The summed E-state index contributed by atoms with van der Waals surface area (Å²) in [5, 5.41) is 5.60. The highest BCUT2D eigenvalue weighted by Gasteiger charge is 2.57. The number of hydrogen-bond acceptors (Lipinski definition) is 4. The van der Waals surface area contributed by atoms with Crippen molar-refractivity contribution >= 4 is 23.5 Å². The highest BCUT2D eigenvalue weighted by atomic mass is 16.5. The smallest absolute Gasteiger partial charge is 0.337 e. The van der Waals surface area contributed by atoms with E-state index in [0.29, 0.717) is 24.1 Å². The van der Waals surface area contributed by atoms with Crippen LogP contribution in [0.1, 0.15) is 44.0 Å². The number of carbonyl (C=O) groups is 3. The highest BCUT2D eigenvalue weighted by molar-refractivity contribution is 6.13. The lowest BCUT2D eigenvalue weighted by atomic mass is 10.0. The van der Waals surface area contributed by atoms with Crippen molar-refractivity contribution in [1.82, 2.24) is 5.32 Å². The van der Waals surface area contributed by atoms with Gasteiger partial charge in [-0.25, -0.2) is 4.79 Å². The van der Waals surface area contributed by atoms with Gasteiger partial charge in [-0.3, -0.25) is 9.59 Å². The minimum atomic E-state index is -0.978. The lowest BCUT2D eigenvalue weighted by Gasteiger charge is -2.24. The highest BCUT2D eigenvalue weighted by Crippen LogP contribution is 2.47. The number of hydrogen-bond donors (Lipinski definition) is 2. The van der Waals surface area contributed by atoms with E-state index in [0.717, 1.165) is 0 Å². The number of nitrogens with one attached hydrogen (secondary N) is 2. The summed E-state index contributed by atoms with van der Waals surface area (Å²) in [7, 11) is 1.31. The Labute approximate surface area is 135 Å². The molecule has 0 radical (unpaired) electrons. The van der Waals surface area contributed by atoms with Crippen LogP contribution < -0.4 is 10.6 Å². The van der Waals surface area contributed by atoms with Gasteiger partial charge in [-0.1, -0.05) is 0 Å². The largest absolute Gasteiger partial charge is 0.465 e. The van der Waals surface area contributed by atoms with Crippen molar-refractivity contribution in [1.29, 1.82) is 0 Å². The van der Waals surface area contributed by atoms with E-state index in [1.54, 1.807) is 24.3 Å². The Morgan fingerprint density at radius 3 is 2.04 bits per heavy atom. The molecule has 1 aromatic rings. The molecule has 1 aliphatic carbocycles. The molecule has 0 bridgehead atoms. The number of carbonyl (C=O) groups excluding carboxylic acids is 3. The van der Waals surface area contributed by atoms with Gasteiger partial charge in [0.1, 0.15) is 5.41 Å². The second-order valence-electron chi connectivity index (χ2n) is 6.81. The molecule has 23 heavy (non-hydrogen) atoms. The Bertz CT molecular complexity index is 625. The van der Waals surface area contributed by atoms with E-state index in [1.165, 1.54) is 7.11 Å². The van der Waals surface area contributed by atoms with Crippen molar-refractivity contribution in [2.75, 3.05) is 12.4 Å². The summed E-state index contributed by atoms with van der Waals surface area (Å²) in [6.45, 7) is 5.64. The van der Waals surface area contributed by atoms with Crippen LogP contribution in [0, 0.1) is 5.41 Å². The van der Waals surface area contributed by atoms with Gasteiger partial charge in [0.2, 0.25) is 11.8 Å². The normalized spacial score (nSPS) is 15.5. The molecule has 0 aromatic heterocycles. The first-order valence-electron chi connectivity index (χ1n) is 7.50. The topological polar surface area (TPSA) is 84.5 Å². The van der Waals surface area contributed by atoms with E-state index in [4.69, 9.17) is 0 Å². The van der Waals surface area contributed by atoms with E-state index < -0.39 is 11.4 Å². The van der Waals surface area contributed by atoms with Crippen LogP contribution >= 0.6 is 0 Å². The zero-order chi connectivity index (χ0) is 17.3. The number of esters is 1. The third-order valence-electron chi connectivity index (χ3n) is 3.67. The van der Waals surface area contributed by atoms with Crippen LogP contribution in [0.5, 0.6) is 0 Å². The Morgan fingerprint density at radius 1 is 1.04 bits per heavy atom. The van der Waals surface area contributed by atoms with E-state index in [1.807, 2.05) is 20.8 Å². The van der Waals surface area contributed by atoms with E-state index in [-0.39, 0.29) is 17.4 Å². The summed E-state index contributed by atoms with van der Waals surface area (Å²) in [5.41, 5.74) is -0.418. The minimum Gasteiger partial charge on any atom is -0.465 e. The molecule has 1 aliphatic rings. The minimum absolute atomic E-state index is 0.242. The molecule has 0 heterocycles. The first-order chi connectivity index (χ1) is 10.7. The second-order valence-corrected chi connectivity index (χ2v) is 6.81. The fourth-order valence-corrected chi connectivity index (χ4v) is 2.20. The van der Waals surface area contributed by atoms with Gasteiger partial charge < -0.3 is 15.4 Å². The summed E-state index contributed by atoms with van der Waals surface area (Å²) >= 11 is 0. The summed E-state index contributed by atoms with van der Waals surface area (Å²) in [6.07, 6.45) is 1.09. The number of amides is 2. The summed E-state index contributed by atoms with van der Waals surface area (Å²) in [4.78, 5) is 36.1. The fourth-order valence-electron chi connectivity index (χ4n) is 2.20. The molecular weight excluding hydrogens is 296 g/mol. The van der Waals surface area contributed by atoms with Gasteiger partial charge in [-0.2, -0.15) is 0 Å². The van der Waals surface area contributed by atoms with Crippen LogP contribution in [-0.2, 0) is 14.3 Å². The third kappa shape index (κ3) is 3.88. The predicted octanol–water partition coefficient (Wildman–Crippen LogP) is 2.11. The molecule has 0 saturated heterocycles. The van der Waals surface area contributed by atoms with Crippen molar-refractivity contribution in [2.24, 2.45) is 5.41 Å². The zero-order valence-corrected chi connectivity index (χ0v) is 13.9. The number of benzene rings is 1. The first-order valence-corrected chi connectivity index (χ1v) is 7.50. The molecule has 0 unspecified atom stereocenters. The van der Waals surface area contributed by atoms with Crippen LogP contribution in [0.3, 0.4) is 0 Å². The standard InChI is InChI=1S/C17H22N2O4/c1-16(2,3)19-15(22)17(9-10-17)14(21)18-12-7-5-11(6-8-12)13(20)23-4/h5-8H,9-10H2,1-4H3,(H,18,21)(H,19,22). The van der Waals surface area contributed by atoms with Gasteiger partial charge in [0.25, 0.3) is 0 Å². The molecular formula is C17H22N2O4. The predicted molar refractivity (Wildman–Crippen MR) is 86.0 cm³/mol. The van der Waals surface area contributed by atoms with Gasteiger partial charge in [-0.05, 0) is 57.9 Å². The van der Waals surface area contributed by atoms with Crippen molar-refractivity contribution in [3.8, 4) is 0 Å². The lowest BCUT2D eigenvalue weighted by Crippen LogP contribution is -2.48. The Balaban J connectivity index is 2.04. The molecule has 1 aromatic carbocycles. The van der Waals surface area contributed by atoms with Gasteiger partial charge in [0.15, 0.2) is 0 Å². The maximum atomic E-state index is 12.4. The van der Waals surface area contributed by atoms with Gasteiger partial charge in [-0.15, -0.1) is 0 Å². The first kappa shape index (κ1) is 17.0. The maximum absolute atomic E-state index is 12.4. The molecule has 6 heteroatoms. The molecule has 2 amide bonds. The van der Waals surface area contributed by atoms with Gasteiger partial charge >= 0.3 is 5.97 Å². The zero-order valence-electron chi connectivity index (χ0n) is 13.9. The van der Waals surface area contributed by atoms with Crippen molar-refractivity contribution < 1.29 is 19.1 Å². The number of methoxy groups -OCH3 is 1. The summed E-state index contributed by atoms with van der Waals surface area (Å²) < 4.78 is 4.62. The Hall–Kier alpha value is -2.37. The second kappa shape index (κ2) is 6.02. The van der Waals surface area contributed by atoms with Crippen molar-refractivity contribution in [3.63, 3.8) is 0 Å². The molecule has 1 fully saturated rings. The average Bonchev–Trinajstić information content (AvgIpc) is 3.27. The number of anilines is 1. The monoisotopic (exact) mass is 318 g/mol. The molecule has 6 nitrogen and oxygen atoms in total. The Kier molecular flexibility index (Phi) is 4.45. The third-order valence-corrected chi connectivity index (χ3v) is 3.67. The number of ether oxygens (including phenoxy) is 1. The van der Waals surface area contributed by atoms with Crippen LogP contribution in [0.4, 0.5) is 5.69 Å². The molecule has 2 rings (SSSR count). The maximum Gasteiger partial charge on any atom is 0.337 e. The quantitative estimate of drug-likeness (QED) is 0.658. The van der Waals surface area contributed by atoms with Gasteiger partial charge in [0, 0.05) is 11.2 Å². The van der Waals surface area contributed by atoms with Crippen LogP contribution in [0.15, 0.2) is 24.3 Å². The summed E-state index contributed by atoms with van der Waals surface area (Å²) in [6, 6.07) is 6.36. The fraction of sp³-hybridized carbons (Fsp3) is 0.471. The average molecular weight is 318 g/mol. The molecule has 0 spiro atoms. The van der Waals surface area contributed by atoms with Crippen molar-refractivity contribution in [3.05, 3.63) is 29.8 Å². The van der Waals surface area contributed by atoms with E-state index in [9.17, 15) is 14.4 Å². The molecule has 0 aliphatic heterocycles. The molecule has 124 valence electrons. The van der Waals surface area contributed by atoms with Gasteiger partial charge in [0.05, 0.1) is 12.7 Å². The number of rotatable bonds is 4. The van der Waals surface area contributed by atoms with Crippen LogP contribution in [-0.4, -0.2) is 30.4 Å².